The van der Waals surface area contributed by atoms with Gasteiger partial charge >= 0.3 is 5.97 Å². The van der Waals surface area contributed by atoms with Crippen molar-refractivity contribution >= 4 is 38.5 Å². The lowest BCUT2D eigenvalue weighted by Crippen LogP contribution is -2.51. The van der Waals surface area contributed by atoms with Crippen molar-refractivity contribution in [3.05, 3.63) is 71.8 Å². The van der Waals surface area contributed by atoms with Gasteiger partial charge < -0.3 is 15.4 Å². The van der Waals surface area contributed by atoms with Crippen LogP contribution in [0, 0.1) is 5.41 Å². The molecule has 1 heterocycles. The topological polar surface area (TPSA) is 134 Å². The number of nitrogens with one attached hydrogen (secondary N) is 1. The largest absolute Gasteiger partial charge is 0.426 e. The summed E-state index contributed by atoms with van der Waals surface area (Å²) in [6.45, 7) is 2.61. The Hall–Kier alpha value is -3.76. The molecule has 0 aromatic heterocycles. The Morgan fingerprint density at radius 2 is 1.78 bits per heavy atom. The van der Waals surface area contributed by atoms with Gasteiger partial charge in [-0.05, 0) is 47.2 Å². The maximum atomic E-state index is 13.1. The van der Waals surface area contributed by atoms with E-state index >= 15 is 0 Å². The second-order valence-electron chi connectivity index (χ2n) is 9.04. The molecule has 0 unspecified atom stereocenters. The lowest BCUT2D eigenvalue weighted by atomic mass is 10.1. The molecule has 1 aliphatic heterocycles. The van der Waals surface area contributed by atoms with E-state index in [1.54, 1.807) is 29.2 Å². The van der Waals surface area contributed by atoms with Crippen LogP contribution in [0.2, 0.25) is 0 Å². The van der Waals surface area contributed by atoms with Gasteiger partial charge in [0, 0.05) is 25.0 Å². The number of amides is 1. The normalized spacial score (nSPS) is 14.6. The Kier molecular flexibility index (Phi) is 7.89. The summed E-state index contributed by atoms with van der Waals surface area (Å²) in [5.41, 5.74) is 7.19. The number of carbonyl (C=O) groups is 2. The number of nitrogens with two attached hydrogens (primary N) is 1. The number of benzene rings is 3. The molecule has 9 nitrogen and oxygen atoms in total. The van der Waals surface area contributed by atoms with E-state index in [1.807, 2.05) is 36.4 Å². The van der Waals surface area contributed by atoms with Gasteiger partial charge in [0.25, 0.3) is 0 Å². The number of ether oxygens (including phenoxy) is 1. The SMILES string of the molecule is CCCc1ccc(S(=O)(=O)N2CCN(Cc3ccc4cccc(OC(=O)CC(=N)N)c4c3)C(=O)C2)cc1. The lowest BCUT2D eigenvalue weighted by Gasteiger charge is -2.33. The molecule has 0 radical (unpaired) electrons. The Bertz CT molecular complexity index is 1440. The van der Waals surface area contributed by atoms with Crippen LogP contribution in [0.4, 0.5) is 0 Å². The number of amidine groups is 1. The number of nitrogens with zero attached hydrogens (tertiary/aromatic N) is 2. The standard InChI is InChI=1S/C27H30N4O5S/c1-2-4-19-8-11-22(12-9-19)37(34,35)31-14-13-30(26(32)18-31)17-20-7-10-21-5-3-6-24(23(21)15-20)36-27(33)16-25(28)29/h3,5-12,15H,2,4,13-14,16-18H2,1H3,(H3,28,29). The minimum Gasteiger partial charge on any atom is -0.426 e. The molecule has 194 valence electrons. The van der Waals surface area contributed by atoms with Crippen LogP contribution in [0.15, 0.2) is 65.6 Å². The maximum absolute atomic E-state index is 13.1. The monoisotopic (exact) mass is 522 g/mol. The zero-order chi connectivity index (χ0) is 26.6. The molecule has 0 atom stereocenters. The van der Waals surface area contributed by atoms with Crippen molar-refractivity contribution in [2.45, 2.75) is 37.6 Å². The predicted molar refractivity (Wildman–Crippen MR) is 141 cm³/mol. The summed E-state index contributed by atoms with van der Waals surface area (Å²) in [6.07, 6.45) is 1.56. The van der Waals surface area contributed by atoms with Gasteiger partial charge in [-0.3, -0.25) is 15.0 Å². The number of carbonyl (C=O) groups excluding carboxylic acids is 2. The van der Waals surface area contributed by atoms with Gasteiger partial charge in [-0.1, -0.05) is 49.7 Å². The molecule has 1 fully saturated rings. The molecule has 3 aromatic rings. The first-order valence-electron chi connectivity index (χ1n) is 12.1. The second-order valence-corrected chi connectivity index (χ2v) is 11.0. The number of rotatable bonds is 9. The average Bonchev–Trinajstić information content (AvgIpc) is 2.85. The first-order chi connectivity index (χ1) is 17.7. The number of hydrogen-bond acceptors (Lipinski definition) is 6. The number of aryl methyl sites for hydroxylation is 1. The van der Waals surface area contributed by atoms with Crippen molar-refractivity contribution < 1.29 is 22.7 Å². The van der Waals surface area contributed by atoms with Crippen LogP contribution in [0.5, 0.6) is 5.75 Å². The van der Waals surface area contributed by atoms with E-state index in [0.717, 1.165) is 29.4 Å². The first-order valence-corrected chi connectivity index (χ1v) is 13.5. The Labute approximate surface area is 216 Å². The van der Waals surface area contributed by atoms with Gasteiger partial charge in [0.05, 0.1) is 11.4 Å². The van der Waals surface area contributed by atoms with Crippen LogP contribution >= 0.6 is 0 Å². The molecule has 1 aliphatic rings. The molecule has 0 bridgehead atoms. The van der Waals surface area contributed by atoms with E-state index in [1.165, 1.54) is 4.31 Å². The van der Waals surface area contributed by atoms with Crippen LogP contribution in [0.25, 0.3) is 10.8 Å². The van der Waals surface area contributed by atoms with Crippen molar-refractivity contribution in [2.24, 2.45) is 5.73 Å². The number of sulfonamides is 1. The van der Waals surface area contributed by atoms with E-state index in [4.69, 9.17) is 15.9 Å². The molecule has 37 heavy (non-hydrogen) atoms. The molecular formula is C27H30N4O5S. The summed E-state index contributed by atoms with van der Waals surface area (Å²) in [6, 6.07) is 17.8. The summed E-state index contributed by atoms with van der Waals surface area (Å²) >= 11 is 0. The zero-order valence-electron chi connectivity index (χ0n) is 20.6. The average molecular weight is 523 g/mol. The highest BCUT2D eigenvalue weighted by atomic mass is 32.2. The minimum absolute atomic E-state index is 0.190. The second kappa shape index (κ2) is 11.1. The summed E-state index contributed by atoms with van der Waals surface area (Å²) in [7, 11) is -3.76. The molecule has 0 saturated carbocycles. The third-order valence-electron chi connectivity index (χ3n) is 6.22. The molecule has 10 heteroatoms. The summed E-state index contributed by atoms with van der Waals surface area (Å²) in [5, 5.41) is 8.82. The highest BCUT2D eigenvalue weighted by Gasteiger charge is 2.32. The Balaban J connectivity index is 1.46. The van der Waals surface area contributed by atoms with Crippen molar-refractivity contribution in [3.63, 3.8) is 0 Å². The van der Waals surface area contributed by atoms with Gasteiger partial charge in [0.2, 0.25) is 15.9 Å². The van der Waals surface area contributed by atoms with Gasteiger partial charge in [-0.2, -0.15) is 4.31 Å². The van der Waals surface area contributed by atoms with Crippen LogP contribution < -0.4 is 10.5 Å². The van der Waals surface area contributed by atoms with Crippen molar-refractivity contribution in [1.29, 1.82) is 5.41 Å². The fraction of sp³-hybridized carbons (Fsp3) is 0.296. The van der Waals surface area contributed by atoms with Gasteiger partial charge in [0.15, 0.2) is 0 Å². The molecule has 3 aromatic carbocycles. The van der Waals surface area contributed by atoms with E-state index in [-0.39, 0.29) is 42.7 Å². The van der Waals surface area contributed by atoms with Gasteiger partial charge in [-0.25, -0.2) is 8.42 Å². The quantitative estimate of drug-likeness (QED) is 0.192. The highest BCUT2D eigenvalue weighted by Crippen LogP contribution is 2.28. The minimum atomic E-state index is -3.76. The predicted octanol–water partition coefficient (Wildman–Crippen LogP) is 3.06. The fourth-order valence-electron chi connectivity index (χ4n) is 4.34. The van der Waals surface area contributed by atoms with Crippen molar-refractivity contribution in [3.8, 4) is 5.75 Å². The van der Waals surface area contributed by atoms with E-state index < -0.39 is 16.0 Å². The molecule has 1 amide bonds. The number of hydrogen-bond donors (Lipinski definition) is 2. The molecule has 0 aliphatic carbocycles. The number of piperazine rings is 1. The van der Waals surface area contributed by atoms with Gasteiger partial charge in [-0.15, -0.1) is 0 Å². The zero-order valence-corrected chi connectivity index (χ0v) is 21.5. The van der Waals surface area contributed by atoms with Crippen LogP contribution in [0.3, 0.4) is 0 Å². The van der Waals surface area contributed by atoms with E-state index in [2.05, 4.69) is 6.92 Å². The molecule has 0 spiro atoms. The molecular weight excluding hydrogens is 492 g/mol. The van der Waals surface area contributed by atoms with Crippen LogP contribution in [-0.4, -0.2) is 55.0 Å². The number of fused-ring (bicyclic) bond motifs is 1. The fourth-order valence-corrected chi connectivity index (χ4v) is 5.72. The lowest BCUT2D eigenvalue weighted by molar-refractivity contribution is -0.135. The summed E-state index contributed by atoms with van der Waals surface area (Å²) in [4.78, 5) is 26.8. The number of esters is 1. The van der Waals surface area contributed by atoms with E-state index in [9.17, 15) is 18.0 Å². The molecule has 3 N–H and O–H groups in total. The maximum Gasteiger partial charge on any atom is 0.318 e. The van der Waals surface area contributed by atoms with E-state index in [0.29, 0.717) is 17.7 Å². The van der Waals surface area contributed by atoms with Crippen LogP contribution in [-0.2, 0) is 32.6 Å². The first kappa shape index (κ1) is 26.3. The Morgan fingerprint density at radius 1 is 1.05 bits per heavy atom. The summed E-state index contributed by atoms with van der Waals surface area (Å²) in [5.74, 6) is -0.839. The van der Waals surface area contributed by atoms with Crippen molar-refractivity contribution in [2.75, 3.05) is 19.6 Å². The third kappa shape index (κ3) is 6.15. The van der Waals surface area contributed by atoms with Gasteiger partial charge in [0.1, 0.15) is 18.0 Å². The summed E-state index contributed by atoms with van der Waals surface area (Å²) < 4.78 is 32.8. The Morgan fingerprint density at radius 3 is 2.46 bits per heavy atom. The molecule has 1 saturated heterocycles. The highest BCUT2D eigenvalue weighted by molar-refractivity contribution is 7.89. The molecule has 4 rings (SSSR count). The van der Waals surface area contributed by atoms with Crippen molar-refractivity contribution in [1.82, 2.24) is 9.21 Å². The third-order valence-corrected chi connectivity index (χ3v) is 8.08. The van der Waals surface area contributed by atoms with Crippen LogP contribution in [0.1, 0.15) is 30.9 Å². The smallest absolute Gasteiger partial charge is 0.318 e.